The van der Waals surface area contributed by atoms with E-state index in [1.807, 2.05) is 20.8 Å². The highest BCUT2D eigenvalue weighted by atomic mass is 16.6. The molecule has 0 unspecified atom stereocenters. The van der Waals surface area contributed by atoms with Crippen molar-refractivity contribution in [3.8, 4) is 0 Å². The summed E-state index contributed by atoms with van der Waals surface area (Å²) in [7, 11) is 0. The third kappa shape index (κ3) is 4.13. The first kappa shape index (κ1) is 29.7. The van der Waals surface area contributed by atoms with E-state index in [1.165, 1.54) is 6.92 Å². The smallest absolute Gasteiger partial charge is 0.309 e. The molecule has 1 saturated heterocycles. The summed E-state index contributed by atoms with van der Waals surface area (Å²) in [6, 6.07) is 0. The van der Waals surface area contributed by atoms with E-state index in [4.69, 9.17) is 9.47 Å². The van der Waals surface area contributed by atoms with E-state index in [2.05, 4.69) is 0 Å². The zero-order valence-electron chi connectivity index (χ0n) is 24.6. The lowest BCUT2D eigenvalue weighted by Gasteiger charge is -2.60. The molecule has 5 rings (SSSR count). The van der Waals surface area contributed by atoms with Gasteiger partial charge >= 0.3 is 11.9 Å². The molecule has 1 aliphatic heterocycles. The van der Waals surface area contributed by atoms with E-state index < -0.39 is 64.1 Å². The number of rotatable bonds is 5. The fraction of sp³-hybridized carbons (Fsp3) is 0.839. The van der Waals surface area contributed by atoms with Crippen molar-refractivity contribution < 1.29 is 44.3 Å². The predicted molar refractivity (Wildman–Crippen MR) is 143 cm³/mol. The minimum atomic E-state index is -1.53. The summed E-state index contributed by atoms with van der Waals surface area (Å²) in [5, 5.41) is 45.6. The highest BCUT2D eigenvalue weighted by molar-refractivity contribution is 5.95. The van der Waals surface area contributed by atoms with Crippen molar-refractivity contribution in [1.29, 1.82) is 0 Å². The number of fused-ring (bicyclic) bond motifs is 5. The van der Waals surface area contributed by atoms with Gasteiger partial charge in [-0.1, -0.05) is 20.8 Å². The molecular formula is C31H46O9. The Balaban J connectivity index is 1.48. The van der Waals surface area contributed by atoms with Crippen LogP contribution in [-0.4, -0.2) is 73.8 Å². The second-order valence-electron chi connectivity index (χ2n) is 14.2. The number of aliphatic hydroxyl groups excluding tert-OH is 2. The number of ether oxygens (including phenoxy) is 2. The summed E-state index contributed by atoms with van der Waals surface area (Å²) >= 11 is 0. The van der Waals surface area contributed by atoms with Gasteiger partial charge in [0.05, 0.1) is 23.7 Å². The quantitative estimate of drug-likeness (QED) is 0.371. The SMILES string of the molecule is CC(=O)O[C@H](C[C@@H]1[C@H](C)OC(=O)[C@@H]1C)[C@](C)(O)[C@@H]1CC[C@@]2(O)C3=CC(=O)[C@@H]4C[C@@H](O)[C@@H](O)C[C@]4(C)[C@@H]3CC[C@]12C. The first-order valence-electron chi connectivity index (χ1n) is 14.9. The summed E-state index contributed by atoms with van der Waals surface area (Å²) in [5.74, 6) is -2.61. The normalized spacial score (nSPS) is 48.7. The maximum Gasteiger partial charge on any atom is 0.309 e. The molecule has 1 heterocycles. The molecule has 40 heavy (non-hydrogen) atoms. The molecule has 0 spiro atoms. The van der Waals surface area contributed by atoms with Crippen LogP contribution in [0.15, 0.2) is 11.6 Å². The summed E-state index contributed by atoms with van der Waals surface area (Å²) in [6.07, 6.45) is 1.21. The summed E-state index contributed by atoms with van der Waals surface area (Å²) in [6.45, 7) is 10.5. The van der Waals surface area contributed by atoms with E-state index in [0.29, 0.717) is 31.3 Å². The maximum absolute atomic E-state index is 13.4. The predicted octanol–water partition coefficient (Wildman–Crippen LogP) is 2.46. The fourth-order valence-electron chi connectivity index (χ4n) is 9.74. The van der Waals surface area contributed by atoms with Crippen LogP contribution in [0.4, 0.5) is 0 Å². The Bertz CT molecular complexity index is 1110. The second kappa shape index (κ2) is 9.61. The first-order chi connectivity index (χ1) is 18.5. The largest absolute Gasteiger partial charge is 0.462 e. The van der Waals surface area contributed by atoms with Gasteiger partial charge < -0.3 is 29.9 Å². The number of hydrogen-bond acceptors (Lipinski definition) is 9. The van der Waals surface area contributed by atoms with Crippen LogP contribution in [0.1, 0.15) is 86.5 Å². The van der Waals surface area contributed by atoms with Crippen LogP contribution in [-0.2, 0) is 23.9 Å². The van der Waals surface area contributed by atoms with Gasteiger partial charge in [0.25, 0.3) is 0 Å². The molecule has 3 saturated carbocycles. The van der Waals surface area contributed by atoms with Crippen molar-refractivity contribution in [2.75, 3.05) is 0 Å². The van der Waals surface area contributed by atoms with Crippen LogP contribution >= 0.6 is 0 Å². The zero-order valence-corrected chi connectivity index (χ0v) is 24.6. The molecule has 224 valence electrons. The Morgan fingerprint density at radius 2 is 1.82 bits per heavy atom. The molecular weight excluding hydrogens is 516 g/mol. The van der Waals surface area contributed by atoms with E-state index in [1.54, 1.807) is 19.9 Å². The van der Waals surface area contributed by atoms with Gasteiger partial charge in [0, 0.05) is 24.2 Å². The standard InChI is InChI=1S/C31H46O9/c1-15-18(16(2)39-27(15)36)11-26(40-17(3)32)30(6,37)25-8-10-31(38)20-12-22(33)21-13-23(34)24(35)14-28(21,4)19(20)7-9-29(25,31)5/h12,15-16,18-19,21,23-26,34-35,37-38H,7-11,13-14H2,1-6H3/t15-,16+,18+,19-,21+,23-,24+,25-,26-,28-,29-,30-,31-/m1/s1. The lowest BCUT2D eigenvalue weighted by atomic mass is 9.45. The van der Waals surface area contributed by atoms with Crippen molar-refractivity contribution >= 4 is 17.7 Å². The van der Waals surface area contributed by atoms with E-state index in [-0.39, 0.29) is 49.0 Å². The average molecular weight is 563 g/mol. The van der Waals surface area contributed by atoms with Gasteiger partial charge in [-0.2, -0.15) is 0 Å². The van der Waals surface area contributed by atoms with Crippen LogP contribution in [0.2, 0.25) is 0 Å². The average Bonchev–Trinajstić information content (AvgIpc) is 3.27. The summed E-state index contributed by atoms with van der Waals surface area (Å²) < 4.78 is 11.2. The lowest BCUT2D eigenvalue weighted by molar-refractivity contribution is -0.194. The minimum absolute atomic E-state index is 0.126. The molecule has 9 heteroatoms. The van der Waals surface area contributed by atoms with E-state index in [9.17, 15) is 34.8 Å². The third-order valence-corrected chi connectivity index (χ3v) is 12.2. The van der Waals surface area contributed by atoms with Crippen LogP contribution in [0.5, 0.6) is 0 Å². The molecule has 9 nitrogen and oxygen atoms in total. The van der Waals surface area contributed by atoms with Crippen molar-refractivity contribution in [2.45, 2.75) is 122 Å². The molecule has 0 aromatic heterocycles. The maximum atomic E-state index is 13.4. The van der Waals surface area contributed by atoms with Crippen LogP contribution in [0.3, 0.4) is 0 Å². The molecule has 0 aromatic rings. The molecule has 0 amide bonds. The highest BCUT2D eigenvalue weighted by Gasteiger charge is 2.69. The number of hydrogen-bond donors (Lipinski definition) is 4. The van der Waals surface area contributed by atoms with Gasteiger partial charge in [-0.25, -0.2) is 0 Å². The number of aliphatic hydroxyl groups is 4. The van der Waals surface area contributed by atoms with E-state index in [0.717, 1.165) is 0 Å². The Morgan fingerprint density at radius 3 is 2.42 bits per heavy atom. The van der Waals surface area contributed by atoms with Crippen molar-refractivity contribution in [3.05, 3.63) is 11.6 Å². The second-order valence-corrected chi connectivity index (χ2v) is 14.2. The number of ketones is 1. The molecule has 4 N–H and O–H groups in total. The Morgan fingerprint density at radius 1 is 1.15 bits per heavy atom. The number of allylic oxidation sites excluding steroid dienone is 1. The molecule has 13 atom stereocenters. The first-order valence-corrected chi connectivity index (χ1v) is 14.9. The topological polar surface area (TPSA) is 151 Å². The summed E-state index contributed by atoms with van der Waals surface area (Å²) in [5.41, 5.74) is -3.61. The monoisotopic (exact) mass is 562 g/mol. The van der Waals surface area contributed by atoms with Gasteiger partial charge in [-0.3, -0.25) is 14.4 Å². The van der Waals surface area contributed by atoms with Crippen LogP contribution < -0.4 is 0 Å². The molecule has 0 bridgehead atoms. The Hall–Kier alpha value is -1.81. The fourth-order valence-corrected chi connectivity index (χ4v) is 9.74. The van der Waals surface area contributed by atoms with Crippen LogP contribution in [0, 0.1) is 40.4 Å². The molecule has 0 radical (unpaired) electrons. The van der Waals surface area contributed by atoms with Gasteiger partial charge in [-0.15, -0.1) is 0 Å². The number of esters is 2. The molecule has 0 aromatic carbocycles. The lowest BCUT2D eigenvalue weighted by Crippen LogP contribution is -2.63. The minimum Gasteiger partial charge on any atom is -0.462 e. The van der Waals surface area contributed by atoms with Gasteiger partial charge in [0.1, 0.15) is 17.8 Å². The van der Waals surface area contributed by atoms with Gasteiger partial charge in [0.2, 0.25) is 0 Å². The van der Waals surface area contributed by atoms with Crippen molar-refractivity contribution in [3.63, 3.8) is 0 Å². The molecule has 4 aliphatic carbocycles. The van der Waals surface area contributed by atoms with Gasteiger partial charge in [-0.05, 0) is 87.7 Å². The van der Waals surface area contributed by atoms with E-state index >= 15 is 0 Å². The molecule has 4 fully saturated rings. The van der Waals surface area contributed by atoms with Gasteiger partial charge in [0.15, 0.2) is 5.78 Å². The van der Waals surface area contributed by atoms with Crippen LogP contribution in [0.25, 0.3) is 0 Å². The molecule has 5 aliphatic rings. The number of carbonyl (C=O) groups excluding carboxylic acids is 3. The highest BCUT2D eigenvalue weighted by Crippen LogP contribution is 2.68. The zero-order chi connectivity index (χ0) is 29.6. The van der Waals surface area contributed by atoms with Crippen molar-refractivity contribution in [1.82, 2.24) is 0 Å². The Kier molecular flexibility index (Phi) is 7.13. The Labute approximate surface area is 236 Å². The van der Waals surface area contributed by atoms with Crippen molar-refractivity contribution in [2.24, 2.45) is 40.4 Å². The summed E-state index contributed by atoms with van der Waals surface area (Å²) in [4.78, 5) is 37.9. The number of carbonyl (C=O) groups is 3. The number of cyclic esters (lactones) is 1. The third-order valence-electron chi connectivity index (χ3n) is 12.2.